The fourth-order valence-corrected chi connectivity index (χ4v) is 2.80. The van der Waals surface area contributed by atoms with E-state index in [2.05, 4.69) is 35.8 Å². The molecule has 0 aromatic heterocycles. The predicted molar refractivity (Wildman–Crippen MR) is 58.9 cm³/mol. The Morgan fingerprint density at radius 3 is 2.00 bits per heavy atom. The van der Waals surface area contributed by atoms with Gasteiger partial charge in [0.05, 0.1) is 23.7 Å². The topological polar surface area (TPSA) is 18.5 Å². The molecule has 0 heterocycles. The van der Waals surface area contributed by atoms with Crippen molar-refractivity contribution in [3.8, 4) is 0 Å². The summed E-state index contributed by atoms with van der Waals surface area (Å²) < 4.78 is 9.13. The van der Waals surface area contributed by atoms with E-state index in [-0.39, 0.29) is 0 Å². The molecule has 1 unspecified atom stereocenters. The van der Waals surface area contributed by atoms with Crippen molar-refractivity contribution in [3.63, 3.8) is 0 Å². The summed E-state index contributed by atoms with van der Waals surface area (Å²) in [5, 5.41) is 0. The van der Waals surface area contributed by atoms with Gasteiger partial charge in [-0.1, -0.05) is 27.7 Å². The van der Waals surface area contributed by atoms with E-state index in [9.17, 15) is 0 Å². The summed E-state index contributed by atoms with van der Waals surface area (Å²) in [6.07, 6.45) is 1.88. The Morgan fingerprint density at radius 2 is 1.69 bits per heavy atom. The summed E-state index contributed by atoms with van der Waals surface area (Å²) in [6.45, 7) is 8.75. The molecule has 0 aromatic rings. The van der Waals surface area contributed by atoms with E-state index in [4.69, 9.17) is 23.7 Å². The molecule has 0 bridgehead atoms. The highest BCUT2D eigenvalue weighted by atomic mass is 35.5. The van der Waals surface area contributed by atoms with Crippen molar-refractivity contribution in [2.75, 3.05) is 6.16 Å². The third kappa shape index (κ3) is 7.96. The zero-order valence-corrected chi connectivity index (χ0v) is 10.9. The molecule has 0 radical (unpaired) electrons. The molecule has 13 heavy (non-hydrogen) atoms. The van der Waals surface area contributed by atoms with Crippen LogP contribution in [0.4, 0.5) is 0 Å². The molecule has 0 N–H and O–H groups in total. The molecule has 5 heteroatoms. The van der Waals surface area contributed by atoms with Gasteiger partial charge < -0.3 is 0 Å². The summed E-state index contributed by atoms with van der Waals surface area (Å²) in [6, 6.07) is 0. The van der Waals surface area contributed by atoms with Gasteiger partial charge >= 0.3 is 0 Å². The van der Waals surface area contributed by atoms with Gasteiger partial charge in [-0.25, -0.2) is 8.15 Å². The van der Waals surface area contributed by atoms with Crippen LogP contribution in [0.2, 0.25) is 0 Å². The first-order valence-corrected chi connectivity index (χ1v) is 6.22. The van der Waals surface area contributed by atoms with Crippen LogP contribution in [0, 0.1) is 11.3 Å². The molecule has 0 amide bonds. The second kappa shape index (κ2) is 6.42. The van der Waals surface area contributed by atoms with E-state index >= 15 is 0 Å². The highest BCUT2D eigenvalue weighted by molar-refractivity contribution is 7.49. The molecular weight excluding hydrogens is 230 g/mol. The van der Waals surface area contributed by atoms with E-state index in [1.807, 2.05) is 0 Å². The smallest absolute Gasteiger partial charge is 0.212 e. The van der Waals surface area contributed by atoms with E-state index in [0.717, 1.165) is 12.6 Å². The molecule has 0 saturated carbocycles. The summed E-state index contributed by atoms with van der Waals surface area (Å²) in [7, 11) is -1.12. The molecule has 80 valence electrons. The largest absolute Gasteiger partial charge is 0.225 e. The molecule has 2 nitrogen and oxygen atoms in total. The van der Waals surface area contributed by atoms with Crippen LogP contribution in [0.1, 0.15) is 34.1 Å². The van der Waals surface area contributed by atoms with E-state index < -0.39 is 8.38 Å². The molecule has 0 saturated heterocycles. The number of hydrogen-bond acceptors (Lipinski definition) is 2. The molecule has 0 aliphatic carbocycles. The molecule has 0 aliphatic heterocycles. The van der Waals surface area contributed by atoms with Crippen molar-refractivity contribution in [1.29, 1.82) is 0 Å². The first kappa shape index (κ1) is 13.9. The number of hydrogen-bond donors (Lipinski definition) is 0. The Morgan fingerprint density at radius 1 is 1.23 bits per heavy atom. The molecular formula is C8H17Cl2O2P. The van der Waals surface area contributed by atoms with Crippen LogP contribution in [-0.4, -0.2) is 6.16 Å². The lowest BCUT2D eigenvalue weighted by Crippen LogP contribution is -2.13. The lowest BCUT2D eigenvalue weighted by molar-refractivity contribution is 0.319. The lowest BCUT2D eigenvalue weighted by Gasteiger charge is -2.23. The maximum absolute atomic E-state index is 5.20. The Labute approximate surface area is 92.1 Å². The fraction of sp³-hybridized carbons (Fsp3) is 1.00. The normalized spacial score (nSPS) is 15.0. The standard InChI is InChI=1S/C8H17Cl2O2P/c1-7(5-8(2,3)4)6-13(11-9)12-10/h7H,5-6H2,1-4H3. The van der Waals surface area contributed by atoms with Crippen molar-refractivity contribution < 1.29 is 8.15 Å². The van der Waals surface area contributed by atoms with E-state index in [0.29, 0.717) is 11.3 Å². The van der Waals surface area contributed by atoms with E-state index in [1.54, 1.807) is 0 Å². The first-order chi connectivity index (χ1) is 5.89. The minimum absolute atomic E-state index is 0.318. The van der Waals surface area contributed by atoms with Gasteiger partial charge in [-0.15, -0.1) is 0 Å². The third-order valence-electron chi connectivity index (χ3n) is 1.58. The second-order valence-electron chi connectivity index (χ2n) is 4.52. The Balaban J connectivity index is 3.79. The van der Waals surface area contributed by atoms with Crippen LogP contribution in [0.5, 0.6) is 0 Å². The average molecular weight is 247 g/mol. The van der Waals surface area contributed by atoms with E-state index in [1.165, 1.54) is 0 Å². The molecule has 0 fully saturated rings. The maximum atomic E-state index is 5.20. The van der Waals surface area contributed by atoms with Crippen LogP contribution in [0.25, 0.3) is 0 Å². The lowest BCUT2D eigenvalue weighted by atomic mass is 9.86. The zero-order valence-electron chi connectivity index (χ0n) is 8.51. The summed E-state index contributed by atoms with van der Waals surface area (Å²) in [5.74, 6) is 0.503. The fourth-order valence-electron chi connectivity index (χ4n) is 1.43. The van der Waals surface area contributed by atoms with Crippen molar-refractivity contribution in [1.82, 2.24) is 0 Å². The van der Waals surface area contributed by atoms with Crippen molar-refractivity contribution in [3.05, 3.63) is 0 Å². The van der Waals surface area contributed by atoms with Crippen LogP contribution in [0.3, 0.4) is 0 Å². The summed E-state index contributed by atoms with van der Waals surface area (Å²) in [5.41, 5.74) is 0.318. The van der Waals surface area contributed by atoms with Crippen LogP contribution >= 0.6 is 32.1 Å². The van der Waals surface area contributed by atoms with Gasteiger partial charge in [0.15, 0.2) is 0 Å². The molecule has 0 spiro atoms. The van der Waals surface area contributed by atoms with Gasteiger partial charge in [0.25, 0.3) is 0 Å². The van der Waals surface area contributed by atoms with Crippen molar-refractivity contribution in [2.24, 2.45) is 11.3 Å². The van der Waals surface area contributed by atoms with Gasteiger partial charge in [-0.2, -0.15) is 0 Å². The van der Waals surface area contributed by atoms with Gasteiger partial charge in [0.1, 0.15) is 0 Å². The second-order valence-corrected chi connectivity index (χ2v) is 6.66. The molecule has 0 aliphatic rings. The third-order valence-corrected chi connectivity index (χ3v) is 3.73. The van der Waals surface area contributed by atoms with Gasteiger partial charge in [-0.05, 0) is 17.8 Å². The highest BCUT2D eigenvalue weighted by Gasteiger charge is 2.20. The molecule has 1 atom stereocenters. The van der Waals surface area contributed by atoms with Crippen molar-refractivity contribution >= 4 is 32.1 Å². The van der Waals surface area contributed by atoms with Gasteiger partial charge in [0, 0.05) is 6.16 Å². The summed E-state index contributed by atoms with van der Waals surface area (Å²) in [4.78, 5) is 0. The van der Waals surface area contributed by atoms with Gasteiger partial charge in [0.2, 0.25) is 8.38 Å². The first-order valence-electron chi connectivity index (χ1n) is 4.24. The summed E-state index contributed by atoms with van der Waals surface area (Å²) >= 11 is 10.4. The Hall–Kier alpha value is 0.930. The molecule has 0 aromatic carbocycles. The minimum atomic E-state index is -1.12. The van der Waals surface area contributed by atoms with Gasteiger partial charge in [-0.3, -0.25) is 0 Å². The van der Waals surface area contributed by atoms with Crippen molar-refractivity contribution in [2.45, 2.75) is 34.1 Å². The number of halogens is 2. The monoisotopic (exact) mass is 246 g/mol. The SMILES string of the molecule is CC(CP(OCl)OCl)CC(C)(C)C. The van der Waals surface area contributed by atoms with Crippen LogP contribution < -0.4 is 0 Å². The highest BCUT2D eigenvalue weighted by Crippen LogP contribution is 2.44. The molecule has 0 rings (SSSR count). The predicted octanol–water partition coefficient (Wildman–Crippen LogP) is 4.71. The minimum Gasteiger partial charge on any atom is -0.225 e. The quantitative estimate of drug-likeness (QED) is 0.655. The van der Waals surface area contributed by atoms with Crippen LogP contribution in [-0.2, 0) is 8.15 Å². The Bertz CT molecular complexity index is 135. The zero-order chi connectivity index (χ0) is 10.5. The van der Waals surface area contributed by atoms with Crippen LogP contribution in [0.15, 0.2) is 0 Å². The maximum Gasteiger partial charge on any atom is 0.212 e. The average Bonchev–Trinajstić information content (AvgIpc) is 1.96. The Kier molecular flexibility index (Phi) is 6.88. The number of rotatable bonds is 5.